The maximum Gasteiger partial charge on any atom is 0.408 e. The topological polar surface area (TPSA) is 87.7 Å². The Morgan fingerprint density at radius 2 is 1.59 bits per heavy atom. The second-order valence-corrected chi connectivity index (χ2v) is 11.4. The van der Waals surface area contributed by atoms with Gasteiger partial charge in [0.1, 0.15) is 17.7 Å². The molecule has 3 aromatic carbocycles. The Labute approximate surface area is 244 Å². The Morgan fingerprint density at radius 1 is 0.902 bits per heavy atom. The number of carbonyl (C=O) groups excluding carboxylic acids is 3. The van der Waals surface area contributed by atoms with Crippen molar-refractivity contribution in [3.05, 3.63) is 101 Å². The number of alkyl carbamates (subject to hydrolysis) is 1. The van der Waals surface area contributed by atoms with Crippen molar-refractivity contribution in [2.75, 3.05) is 11.9 Å². The first kappa shape index (κ1) is 31.4. The van der Waals surface area contributed by atoms with E-state index in [1.54, 1.807) is 25.7 Å². The van der Waals surface area contributed by atoms with Crippen LogP contribution in [0.4, 0.5) is 10.5 Å². The maximum absolute atomic E-state index is 14.5. The van der Waals surface area contributed by atoms with Crippen LogP contribution in [-0.4, -0.2) is 41.0 Å². The van der Waals surface area contributed by atoms with E-state index in [4.69, 9.17) is 4.74 Å². The predicted molar refractivity (Wildman–Crippen MR) is 164 cm³/mol. The van der Waals surface area contributed by atoms with E-state index in [2.05, 4.69) is 10.6 Å². The van der Waals surface area contributed by atoms with Crippen molar-refractivity contribution in [1.29, 1.82) is 0 Å². The fourth-order valence-electron chi connectivity index (χ4n) is 4.62. The molecule has 0 aliphatic rings. The summed E-state index contributed by atoms with van der Waals surface area (Å²) in [6.45, 7) is 11.6. The minimum absolute atomic E-state index is 0.251. The van der Waals surface area contributed by atoms with Crippen molar-refractivity contribution in [3.63, 3.8) is 0 Å². The van der Waals surface area contributed by atoms with Crippen LogP contribution in [0.1, 0.15) is 68.8 Å². The number of amides is 3. The highest BCUT2D eigenvalue weighted by molar-refractivity contribution is 5.99. The highest BCUT2D eigenvalue weighted by Crippen LogP contribution is 2.27. The number of unbranched alkanes of at least 4 members (excludes halogenated alkanes) is 1. The minimum Gasteiger partial charge on any atom is -0.444 e. The van der Waals surface area contributed by atoms with Crippen LogP contribution in [0.5, 0.6) is 0 Å². The summed E-state index contributed by atoms with van der Waals surface area (Å²) >= 11 is 0. The maximum atomic E-state index is 14.5. The second kappa shape index (κ2) is 14.5. The van der Waals surface area contributed by atoms with Gasteiger partial charge in [0.25, 0.3) is 5.91 Å². The van der Waals surface area contributed by atoms with Crippen molar-refractivity contribution in [2.45, 2.75) is 78.5 Å². The third kappa shape index (κ3) is 9.48. The molecule has 0 fully saturated rings. The molecule has 0 radical (unpaired) electrons. The third-order valence-corrected chi connectivity index (χ3v) is 6.63. The van der Waals surface area contributed by atoms with Gasteiger partial charge in [-0.15, -0.1) is 0 Å². The molecule has 0 spiro atoms. The molecule has 2 unspecified atom stereocenters. The minimum atomic E-state index is -0.942. The third-order valence-electron chi connectivity index (χ3n) is 6.63. The summed E-state index contributed by atoms with van der Waals surface area (Å²) in [6, 6.07) is 22.9. The molecular formula is C34H43N3O4. The molecule has 0 heterocycles. The Bertz CT molecular complexity index is 1320. The fourth-order valence-corrected chi connectivity index (χ4v) is 4.62. The zero-order valence-corrected chi connectivity index (χ0v) is 25.1. The average molecular weight is 558 g/mol. The number of benzene rings is 3. The molecule has 218 valence electrons. The Hall–Kier alpha value is -4.13. The fraction of sp³-hybridized carbons (Fsp3) is 0.382. The summed E-state index contributed by atoms with van der Waals surface area (Å²) in [4.78, 5) is 43.0. The first-order valence-electron chi connectivity index (χ1n) is 14.3. The van der Waals surface area contributed by atoms with Crippen LogP contribution in [0.2, 0.25) is 0 Å². The van der Waals surface area contributed by atoms with Crippen LogP contribution in [-0.2, 0) is 20.7 Å². The average Bonchev–Trinajstić information content (AvgIpc) is 2.91. The number of nitrogens with zero attached hydrogens (tertiary/aromatic N) is 1. The zero-order chi connectivity index (χ0) is 30.0. The monoisotopic (exact) mass is 557 g/mol. The molecule has 0 saturated carbocycles. The zero-order valence-electron chi connectivity index (χ0n) is 25.1. The van der Waals surface area contributed by atoms with E-state index in [0.717, 1.165) is 23.1 Å². The normalized spacial score (nSPS) is 12.6. The van der Waals surface area contributed by atoms with E-state index < -0.39 is 23.8 Å². The number of para-hydroxylation sites is 1. The quantitative estimate of drug-likeness (QED) is 0.273. The number of hydrogen-bond acceptors (Lipinski definition) is 4. The van der Waals surface area contributed by atoms with E-state index in [-0.39, 0.29) is 18.2 Å². The standard InChI is InChI=1S/C34H43N3O4/c1-7-8-21-37(32(39)29(23-26-17-10-9-11-18-26)36-33(40)41-34(4,5)6)30(27-19-14-15-24(2)22-27)31(38)35-28-20-13-12-16-25(28)3/h9-20,22,29-30H,7-8,21,23H2,1-6H3,(H,35,38)(H,36,40). The van der Waals surface area contributed by atoms with Gasteiger partial charge >= 0.3 is 6.09 Å². The van der Waals surface area contributed by atoms with Gasteiger partial charge in [-0.25, -0.2) is 4.79 Å². The molecule has 0 bridgehead atoms. The molecule has 7 nitrogen and oxygen atoms in total. The number of rotatable bonds is 11. The van der Waals surface area contributed by atoms with Crippen LogP contribution in [0.15, 0.2) is 78.9 Å². The second-order valence-electron chi connectivity index (χ2n) is 11.4. The lowest BCUT2D eigenvalue weighted by atomic mass is 9.98. The van der Waals surface area contributed by atoms with E-state index in [1.807, 2.05) is 99.6 Å². The molecule has 2 atom stereocenters. The lowest BCUT2D eigenvalue weighted by Crippen LogP contribution is -2.53. The van der Waals surface area contributed by atoms with Gasteiger partial charge in [-0.1, -0.05) is 91.7 Å². The van der Waals surface area contributed by atoms with Crippen molar-refractivity contribution in [1.82, 2.24) is 10.2 Å². The molecule has 0 saturated heterocycles. The van der Waals surface area contributed by atoms with Crippen LogP contribution in [0.25, 0.3) is 0 Å². The largest absolute Gasteiger partial charge is 0.444 e. The van der Waals surface area contributed by atoms with Crippen molar-refractivity contribution < 1.29 is 19.1 Å². The van der Waals surface area contributed by atoms with Gasteiger partial charge < -0.3 is 20.3 Å². The summed E-state index contributed by atoms with van der Waals surface area (Å²) in [5.41, 5.74) is 3.44. The van der Waals surface area contributed by atoms with Crippen molar-refractivity contribution >= 4 is 23.6 Å². The summed E-state index contributed by atoms with van der Waals surface area (Å²) < 4.78 is 5.52. The number of carbonyl (C=O) groups is 3. The lowest BCUT2D eigenvalue weighted by Gasteiger charge is -2.35. The van der Waals surface area contributed by atoms with E-state index >= 15 is 0 Å². The number of anilines is 1. The van der Waals surface area contributed by atoms with Gasteiger partial charge in [-0.05, 0) is 63.8 Å². The number of nitrogens with one attached hydrogen (secondary N) is 2. The smallest absolute Gasteiger partial charge is 0.408 e. The van der Waals surface area contributed by atoms with Gasteiger partial charge in [0, 0.05) is 18.7 Å². The molecule has 3 amide bonds. The van der Waals surface area contributed by atoms with Gasteiger partial charge in [-0.2, -0.15) is 0 Å². The molecule has 0 aromatic heterocycles. The van der Waals surface area contributed by atoms with Crippen LogP contribution >= 0.6 is 0 Å². The van der Waals surface area contributed by atoms with Crippen LogP contribution in [0, 0.1) is 13.8 Å². The first-order chi connectivity index (χ1) is 19.5. The van der Waals surface area contributed by atoms with Crippen molar-refractivity contribution in [3.8, 4) is 0 Å². The van der Waals surface area contributed by atoms with Crippen LogP contribution < -0.4 is 10.6 Å². The Kier molecular flexibility index (Phi) is 11.1. The molecule has 3 aromatic rings. The molecule has 7 heteroatoms. The van der Waals surface area contributed by atoms with Crippen molar-refractivity contribution in [2.24, 2.45) is 0 Å². The molecule has 0 aliphatic heterocycles. The van der Waals surface area contributed by atoms with E-state index in [1.165, 1.54) is 0 Å². The van der Waals surface area contributed by atoms with Gasteiger partial charge in [0.15, 0.2) is 0 Å². The molecule has 0 aliphatic carbocycles. The first-order valence-corrected chi connectivity index (χ1v) is 14.3. The van der Waals surface area contributed by atoms with Gasteiger partial charge in [-0.3, -0.25) is 9.59 Å². The van der Waals surface area contributed by atoms with E-state index in [9.17, 15) is 14.4 Å². The lowest BCUT2D eigenvalue weighted by molar-refractivity contribution is -0.140. The highest BCUT2D eigenvalue weighted by Gasteiger charge is 2.36. The number of hydrogen-bond donors (Lipinski definition) is 2. The summed E-state index contributed by atoms with van der Waals surface area (Å²) in [7, 11) is 0. The van der Waals surface area contributed by atoms with Crippen LogP contribution in [0.3, 0.4) is 0 Å². The summed E-state index contributed by atoms with van der Waals surface area (Å²) in [5.74, 6) is -0.662. The summed E-state index contributed by atoms with van der Waals surface area (Å²) in [6.07, 6.45) is 1.09. The Balaban J connectivity index is 2.06. The molecule has 3 rings (SSSR count). The number of ether oxygens (including phenoxy) is 1. The SMILES string of the molecule is CCCCN(C(=O)C(Cc1ccccc1)NC(=O)OC(C)(C)C)C(C(=O)Nc1ccccc1C)c1cccc(C)c1. The predicted octanol–water partition coefficient (Wildman–Crippen LogP) is 6.75. The van der Waals surface area contributed by atoms with E-state index in [0.29, 0.717) is 24.2 Å². The molecule has 2 N–H and O–H groups in total. The molecule has 41 heavy (non-hydrogen) atoms. The number of aryl methyl sites for hydroxylation is 2. The molecular weight excluding hydrogens is 514 g/mol. The van der Waals surface area contributed by atoms with Gasteiger partial charge in [0.05, 0.1) is 0 Å². The highest BCUT2D eigenvalue weighted by atomic mass is 16.6. The summed E-state index contributed by atoms with van der Waals surface area (Å²) in [5, 5.41) is 5.87. The van der Waals surface area contributed by atoms with Gasteiger partial charge in [0.2, 0.25) is 5.91 Å². The Morgan fingerprint density at radius 3 is 2.22 bits per heavy atom.